The molecule has 2 N–H and O–H groups in total. The van der Waals surface area contributed by atoms with Gasteiger partial charge in [0.05, 0.1) is 19.3 Å². The lowest BCUT2D eigenvalue weighted by molar-refractivity contribution is 0.0388. The van der Waals surface area contributed by atoms with Gasteiger partial charge in [-0.1, -0.05) is 130 Å². The number of unbranched alkanes of at least 4 members (excludes halogenated alkanes) is 16. The van der Waals surface area contributed by atoms with Crippen LogP contribution in [0.1, 0.15) is 143 Å². The quantitative estimate of drug-likeness (QED) is 0.0714. The molecule has 0 saturated carbocycles. The number of hydrogen-bond donors (Lipinski definition) is 2. The van der Waals surface area contributed by atoms with Crippen LogP contribution in [0.2, 0.25) is 0 Å². The van der Waals surface area contributed by atoms with E-state index in [9.17, 15) is 5.11 Å². The maximum atomic E-state index is 10.4. The molecule has 2 atom stereocenters. The minimum atomic E-state index is -0.422. The zero-order chi connectivity index (χ0) is 29.4. The van der Waals surface area contributed by atoms with Crippen LogP contribution in [-0.4, -0.2) is 84.6 Å². The Labute approximate surface area is 260 Å². The highest BCUT2D eigenvalue weighted by Crippen LogP contribution is 2.21. The first-order valence-corrected chi connectivity index (χ1v) is 19.8. The summed E-state index contributed by atoms with van der Waals surface area (Å²) in [5.41, 5.74) is 0. The molecule has 0 amide bonds. The maximum absolute atomic E-state index is 10.4. The van der Waals surface area contributed by atoms with E-state index in [2.05, 4.69) is 61.4 Å². The molecular formula is C34H72N2O2S2. The van der Waals surface area contributed by atoms with Gasteiger partial charge in [0.1, 0.15) is 0 Å². The summed E-state index contributed by atoms with van der Waals surface area (Å²) in [6, 6.07) is 0. The fourth-order valence-corrected chi connectivity index (χ4v) is 7.48. The fourth-order valence-electron chi connectivity index (χ4n) is 4.98. The van der Waals surface area contributed by atoms with Gasteiger partial charge in [0.25, 0.3) is 0 Å². The number of aliphatic hydroxyl groups excluding tert-OH is 1. The first-order valence-electron chi connectivity index (χ1n) is 17.6. The molecular weight excluding hydrogens is 533 g/mol. The van der Waals surface area contributed by atoms with E-state index in [4.69, 9.17) is 4.74 Å². The van der Waals surface area contributed by atoms with Crippen LogP contribution in [0.3, 0.4) is 0 Å². The van der Waals surface area contributed by atoms with Gasteiger partial charge in [0, 0.05) is 30.6 Å². The van der Waals surface area contributed by atoms with Crippen LogP contribution in [0.5, 0.6) is 0 Å². The lowest BCUT2D eigenvalue weighted by atomic mass is 10.1. The monoisotopic (exact) mass is 605 g/mol. The molecule has 0 saturated heterocycles. The van der Waals surface area contributed by atoms with Crippen molar-refractivity contribution < 1.29 is 9.84 Å². The topological polar surface area (TPSA) is 44.7 Å². The van der Waals surface area contributed by atoms with Gasteiger partial charge in [0.15, 0.2) is 0 Å². The van der Waals surface area contributed by atoms with Crippen molar-refractivity contribution in [2.24, 2.45) is 0 Å². The molecule has 0 aliphatic rings. The minimum Gasteiger partial charge on any atom is -0.389 e. The number of nitrogens with one attached hydrogen (secondary N) is 1. The Kier molecular flexibility index (Phi) is 34.5. The van der Waals surface area contributed by atoms with E-state index in [1.807, 2.05) is 0 Å². The molecule has 0 aromatic carbocycles. The molecule has 0 heterocycles. The Balaban J connectivity index is 4.07. The average Bonchev–Trinajstić information content (AvgIpc) is 2.96. The second kappa shape index (κ2) is 34.0. The van der Waals surface area contributed by atoms with Crippen molar-refractivity contribution in [2.75, 3.05) is 63.2 Å². The lowest BCUT2D eigenvalue weighted by Crippen LogP contribution is -2.37. The molecule has 0 spiro atoms. The Bertz CT molecular complexity index is 469. The summed E-state index contributed by atoms with van der Waals surface area (Å²) >= 11 is 4.23. The van der Waals surface area contributed by atoms with Crippen molar-refractivity contribution in [1.82, 2.24) is 10.2 Å². The van der Waals surface area contributed by atoms with E-state index in [1.54, 1.807) is 0 Å². The molecule has 0 aromatic heterocycles. The van der Waals surface area contributed by atoms with Crippen LogP contribution in [0.4, 0.5) is 0 Å². The number of rotatable bonds is 34. The van der Waals surface area contributed by atoms with Crippen molar-refractivity contribution in [3.05, 3.63) is 0 Å². The van der Waals surface area contributed by atoms with E-state index in [1.165, 1.54) is 133 Å². The second-order valence-electron chi connectivity index (χ2n) is 11.6. The SMILES string of the molecule is CCCCCCCCCCCSCC(COCC(O)CNCCN(CC)CC)SCCCCCCCCCCC. The molecule has 0 bridgehead atoms. The molecule has 0 rings (SSSR count). The van der Waals surface area contributed by atoms with Crippen molar-refractivity contribution in [1.29, 1.82) is 0 Å². The molecule has 0 aromatic rings. The second-order valence-corrected chi connectivity index (χ2v) is 14.2. The van der Waals surface area contributed by atoms with E-state index in [0.29, 0.717) is 18.4 Å². The van der Waals surface area contributed by atoms with Gasteiger partial charge in [-0.2, -0.15) is 23.5 Å². The van der Waals surface area contributed by atoms with E-state index < -0.39 is 6.10 Å². The Morgan fingerprint density at radius 2 is 1.15 bits per heavy atom. The van der Waals surface area contributed by atoms with Crippen LogP contribution >= 0.6 is 23.5 Å². The first-order chi connectivity index (χ1) is 19.7. The predicted octanol–water partition coefficient (Wildman–Crippen LogP) is 9.19. The standard InChI is InChI=1S/C34H72N2O2S2/c1-5-9-11-13-15-17-19-21-23-27-39-32-34(40-28-24-22-20-18-16-14-12-10-6-2)31-38-30-33(37)29-35-25-26-36(7-3)8-4/h33-35,37H,5-32H2,1-4H3. The van der Waals surface area contributed by atoms with E-state index in [-0.39, 0.29) is 0 Å². The van der Waals surface area contributed by atoms with Gasteiger partial charge < -0.3 is 20.1 Å². The van der Waals surface area contributed by atoms with E-state index in [0.717, 1.165) is 32.8 Å². The molecule has 242 valence electrons. The third-order valence-electron chi connectivity index (χ3n) is 7.79. The smallest absolute Gasteiger partial charge is 0.0897 e. The summed E-state index contributed by atoms with van der Waals surface area (Å²) in [5, 5.41) is 14.3. The highest BCUT2D eigenvalue weighted by Gasteiger charge is 2.12. The number of nitrogens with zero attached hydrogens (tertiary/aromatic N) is 1. The molecule has 40 heavy (non-hydrogen) atoms. The number of ether oxygens (including phenoxy) is 1. The van der Waals surface area contributed by atoms with E-state index >= 15 is 0 Å². The molecule has 6 heteroatoms. The molecule has 0 radical (unpaired) electrons. The molecule has 0 fully saturated rings. The van der Waals surface area contributed by atoms with Gasteiger partial charge in [-0.25, -0.2) is 0 Å². The van der Waals surface area contributed by atoms with Crippen molar-refractivity contribution >= 4 is 23.5 Å². The zero-order valence-corrected chi connectivity index (χ0v) is 29.2. The Morgan fingerprint density at radius 3 is 1.68 bits per heavy atom. The molecule has 2 unspecified atom stereocenters. The van der Waals surface area contributed by atoms with Crippen LogP contribution in [0, 0.1) is 0 Å². The number of thioether (sulfide) groups is 2. The largest absolute Gasteiger partial charge is 0.389 e. The molecule has 4 nitrogen and oxygen atoms in total. The van der Waals surface area contributed by atoms with Crippen molar-refractivity contribution in [2.45, 2.75) is 155 Å². The molecule has 0 aliphatic carbocycles. The number of likely N-dealkylation sites (N-methyl/N-ethyl adjacent to an activating group) is 1. The molecule has 0 aliphatic heterocycles. The lowest BCUT2D eigenvalue weighted by Gasteiger charge is -2.20. The van der Waals surface area contributed by atoms with Crippen molar-refractivity contribution in [3.8, 4) is 0 Å². The Hall–Kier alpha value is 0.540. The van der Waals surface area contributed by atoms with Gasteiger partial charge in [-0.05, 0) is 37.4 Å². The summed E-state index contributed by atoms with van der Waals surface area (Å²) in [6.45, 7) is 14.9. The minimum absolute atomic E-state index is 0.422. The predicted molar refractivity (Wildman–Crippen MR) is 186 cm³/mol. The van der Waals surface area contributed by atoms with Crippen molar-refractivity contribution in [3.63, 3.8) is 0 Å². The normalized spacial score (nSPS) is 13.3. The summed E-state index contributed by atoms with van der Waals surface area (Å²) < 4.78 is 6.04. The van der Waals surface area contributed by atoms with Gasteiger partial charge in [-0.3, -0.25) is 0 Å². The summed E-state index contributed by atoms with van der Waals surface area (Å²) in [4.78, 5) is 2.40. The number of hydrogen-bond acceptors (Lipinski definition) is 6. The summed E-state index contributed by atoms with van der Waals surface area (Å²) in [5.74, 6) is 3.71. The van der Waals surface area contributed by atoms with Gasteiger partial charge in [-0.15, -0.1) is 0 Å². The zero-order valence-electron chi connectivity index (χ0n) is 27.6. The third kappa shape index (κ3) is 30.0. The van der Waals surface area contributed by atoms with Crippen LogP contribution in [0.25, 0.3) is 0 Å². The third-order valence-corrected chi connectivity index (χ3v) is 10.5. The van der Waals surface area contributed by atoms with Crippen LogP contribution in [-0.2, 0) is 4.74 Å². The number of aliphatic hydroxyl groups is 1. The summed E-state index contributed by atoms with van der Waals surface area (Å²) in [6.07, 6.45) is 24.7. The van der Waals surface area contributed by atoms with Gasteiger partial charge >= 0.3 is 0 Å². The van der Waals surface area contributed by atoms with Crippen LogP contribution in [0.15, 0.2) is 0 Å². The fraction of sp³-hybridized carbons (Fsp3) is 1.00. The average molecular weight is 605 g/mol. The van der Waals surface area contributed by atoms with Crippen LogP contribution < -0.4 is 5.32 Å². The highest BCUT2D eigenvalue weighted by atomic mass is 32.2. The highest BCUT2D eigenvalue weighted by molar-refractivity contribution is 8.03. The maximum Gasteiger partial charge on any atom is 0.0897 e. The Morgan fingerprint density at radius 1 is 0.650 bits per heavy atom. The van der Waals surface area contributed by atoms with Gasteiger partial charge in [0.2, 0.25) is 0 Å². The first kappa shape index (κ1) is 40.5. The summed E-state index contributed by atoms with van der Waals surface area (Å²) in [7, 11) is 0.